The summed E-state index contributed by atoms with van der Waals surface area (Å²) in [7, 11) is 0. The van der Waals surface area contributed by atoms with Crippen molar-refractivity contribution in [1.82, 2.24) is 19.7 Å². The van der Waals surface area contributed by atoms with Crippen LogP contribution in [0, 0.1) is 17.2 Å². The molecule has 2 aromatic rings. The maximum absolute atomic E-state index is 15.0. The third kappa shape index (κ3) is 3.65. The number of nitrogens with zero attached hydrogens (tertiary/aromatic N) is 6. The smallest absolute Gasteiger partial charge is 0.276 e. The van der Waals surface area contributed by atoms with E-state index in [0.29, 0.717) is 35.8 Å². The molecule has 2 aliphatic rings. The van der Waals surface area contributed by atoms with Gasteiger partial charge in [-0.3, -0.25) is 9.78 Å². The van der Waals surface area contributed by atoms with Gasteiger partial charge in [0, 0.05) is 25.5 Å². The molecule has 0 saturated carbocycles. The molecule has 2 atom stereocenters. The minimum atomic E-state index is -3.23. The summed E-state index contributed by atoms with van der Waals surface area (Å²) in [4.78, 5) is 19.7. The van der Waals surface area contributed by atoms with Gasteiger partial charge in [0.1, 0.15) is 12.0 Å². The zero-order chi connectivity index (χ0) is 20.6. The topological polar surface area (TPSA) is 78.0 Å². The predicted molar refractivity (Wildman–Crippen MR) is 102 cm³/mol. The van der Waals surface area contributed by atoms with Crippen molar-refractivity contribution in [3.8, 4) is 11.8 Å². The summed E-state index contributed by atoms with van der Waals surface area (Å²) in [5.74, 6) is -5.27. The van der Waals surface area contributed by atoms with Gasteiger partial charge in [0.2, 0.25) is 5.91 Å². The highest BCUT2D eigenvalue weighted by Gasteiger charge is 2.51. The van der Waals surface area contributed by atoms with Crippen LogP contribution in [0.1, 0.15) is 19.3 Å². The lowest BCUT2D eigenvalue weighted by atomic mass is 9.90. The number of halogens is 3. The zero-order valence-corrected chi connectivity index (χ0v) is 16.3. The van der Waals surface area contributed by atoms with Crippen LogP contribution in [0.15, 0.2) is 30.9 Å². The van der Waals surface area contributed by atoms with E-state index in [1.165, 1.54) is 26.9 Å². The van der Waals surface area contributed by atoms with Crippen LogP contribution in [0.5, 0.6) is 0 Å². The second-order valence-electron chi connectivity index (χ2n) is 7.31. The van der Waals surface area contributed by atoms with Crippen molar-refractivity contribution in [2.45, 2.75) is 31.2 Å². The number of pyridine rings is 1. The molecule has 1 unspecified atom stereocenters. The number of alkyl halides is 2. The largest absolute Gasteiger partial charge is 0.362 e. The minimum absolute atomic E-state index is 0.00528. The van der Waals surface area contributed by atoms with Crippen molar-refractivity contribution in [2.75, 3.05) is 24.5 Å². The first-order chi connectivity index (χ1) is 13.9. The molecule has 2 aromatic heterocycles. The Balaban J connectivity index is 1.56. The van der Waals surface area contributed by atoms with E-state index in [0.717, 1.165) is 0 Å². The number of carbonyl (C=O) groups excluding carboxylic acids is 1. The molecule has 0 bridgehead atoms. The molecule has 1 amide bonds. The van der Waals surface area contributed by atoms with E-state index >= 15 is 8.78 Å². The van der Waals surface area contributed by atoms with E-state index in [1.807, 2.05) is 6.07 Å². The van der Waals surface area contributed by atoms with E-state index in [4.69, 9.17) is 11.6 Å². The average Bonchev–Trinajstić information content (AvgIpc) is 3.35. The molecule has 10 heteroatoms. The van der Waals surface area contributed by atoms with Crippen LogP contribution < -0.4 is 4.90 Å². The summed E-state index contributed by atoms with van der Waals surface area (Å²) < 4.78 is 31.6. The monoisotopic (exact) mass is 420 g/mol. The number of carbonyl (C=O) groups is 1. The van der Waals surface area contributed by atoms with Crippen LogP contribution in [0.4, 0.5) is 14.5 Å². The lowest BCUT2D eigenvalue weighted by Crippen LogP contribution is -2.55. The van der Waals surface area contributed by atoms with Crippen LogP contribution in [0.3, 0.4) is 0 Å². The van der Waals surface area contributed by atoms with E-state index in [9.17, 15) is 10.1 Å². The van der Waals surface area contributed by atoms with E-state index in [-0.39, 0.29) is 13.0 Å². The number of hydrogen-bond acceptors (Lipinski definition) is 5. The molecule has 2 fully saturated rings. The van der Waals surface area contributed by atoms with Crippen molar-refractivity contribution in [1.29, 1.82) is 5.26 Å². The molecule has 0 N–H and O–H groups in total. The summed E-state index contributed by atoms with van der Waals surface area (Å²) in [5.41, 5.74) is 1.07. The molecule has 4 rings (SSSR count). The van der Waals surface area contributed by atoms with Crippen molar-refractivity contribution >= 4 is 23.2 Å². The quantitative estimate of drug-likeness (QED) is 0.763. The first kappa shape index (κ1) is 19.6. The molecule has 0 aliphatic carbocycles. The van der Waals surface area contributed by atoms with Gasteiger partial charge in [0.05, 0.1) is 41.4 Å². The SMILES string of the molecule is N#CC1CCCN1C(=O)[C@H]1CCN(c2cnccc2-n2cc(Cl)cn2)CC1(F)F. The van der Waals surface area contributed by atoms with Crippen molar-refractivity contribution in [2.24, 2.45) is 5.92 Å². The van der Waals surface area contributed by atoms with Crippen LogP contribution in [-0.4, -0.2) is 57.2 Å². The highest BCUT2D eigenvalue weighted by molar-refractivity contribution is 6.30. The van der Waals surface area contributed by atoms with Gasteiger partial charge in [-0.15, -0.1) is 0 Å². The van der Waals surface area contributed by atoms with Crippen LogP contribution in [0.2, 0.25) is 5.02 Å². The van der Waals surface area contributed by atoms with E-state index in [2.05, 4.69) is 10.1 Å². The molecule has 29 heavy (non-hydrogen) atoms. The Labute approximate surface area is 171 Å². The normalized spacial score (nSPS) is 23.8. The fourth-order valence-electron chi connectivity index (χ4n) is 4.06. The van der Waals surface area contributed by atoms with Gasteiger partial charge in [-0.2, -0.15) is 10.4 Å². The third-order valence-corrected chi connectivity index (χ3v) is 5.69. The third-order valence-electron chi connectivity index (χ3n) is 5.50. The fourth-order valence-corrected chi connectivity index (χ4v) is 4.20. The summed E-state index contributed by atoms with van der Waals surface area (Å²) in [5, 5.41) is 13.8. The van der Waals surface area contributed by atoms with Gasteiger partial charge in [-0.1, -0.05) is 11.6 Å². The van der Waals surface area contributed by atoms with Crippen molar-refractivity contribution in [3.63, 3.8) is 0 Å². The first-order valence-corrected chi connectivity index (χ1v) is 9.76. The summed E-state index contributed by atoms with van der Waals surface area (Å²) in [6.45, 7) is 0.0209. The Morgan fingerprint density at radius 2 is 2.10 bits per heavy atom. The summed E-state index contributed by atoms with van der Waals surface area (Å²) in [6.07, 6.45) is 7.32. The Bertz CT molecular complexity index is 958. The Hall–Kier alpha value is -2.73. The van der Waals surface area contributed by atoms with Gasteiger partial charge in [0.25, 0.3) is 5.92 Å². The first-order valence-electron chi connectivity index (χ1n) is 9.38. The molecule has 152 valence electrons. The summed E-state index contributed by atoms with van der Waals surface area (Å²) in [6, 6.07) is 3.12. The lowest BCUT2D eigenvalue weighted by molar-refractivity contribution is -0.152. The maximum atomic E-state index is 15.0. The van der Waals surface area contributed by atoms with Crippen LogP contribution in [-0.2, 0) is 4.79 Å². The number of hydrogen-bond donors (Lipinski definition) is 0. The number of likely N-dealkylation sites (tertiary alicyclic amines) is 1. The van der Waals surface area contributed by atoms with Gasteiger partial charge in [0.15, 0.2) is 0 Å². The lowest BCUT2D eigenvalue weighted by Gasteiger charge is -2.40. The van der Waals surface area contributed by atoms with Crippen molar-refractivity contribution < 1.29 is 13.6 Å². The maximum Gasteiger partial charge on any atom is 0.276 e. The number of nitriles is 1. The Morgan fingerprint density at radius 1 is 1.28 bits per heavy atom. The van der Waals surface area contributed by atoms with E-state index in [1.54, 1.807) is 18.5 Å². The molecule has 2 saturated heterocycles. The molecular formula is C19H19ClF2N6O. The van der Waals surface area contributed by atoms with Crippen molar-refractivity contribution in [3.05, 3.63) is 35.9 Å². The highest BCUT2D eigenvalue weighted by atomic mass is 35.5. The van der Waals surface area contributed by atoms with Crippen LogP contribution in [0.25, 0.3) is 5.69 Å². The zero-order valence-electron chi connectivity index (χ0n) is 15.5. The fraction of sp³-hybridized carbons (Fsp3) is 0.474. The predicted octanol–water partition coefficient (Wildman–Crippen LogP) is 2.90. The second-order valence-corrected chi connectivity index (χ2v) is 7.75. The molecule has 4 heterocycles. The number of piperidine rings is 1. The average molecular weight is 421 g/mol. The van der Waals surface area contributed by atoms with Gasteiger partial charge >= 0.3 is 0 Å². The highest BCUT2D eigenvalue weighted by Crippen LogP contribution is 2.38. The molecule has 0 aromatic carbocycles. The second kappa shape index (κ2) is 7.59. The Kier molecular flexibility index (Phi) is 5.13. The molecule has 0 spiro atoms. The number of aromatic nitrogens is 3. The number of amides is 1. The van der Waals surface area contributed by atoms with Gasteiger partial charge in [-0.05, 0) is 25.3 Å². The number of rotatable bonds is 3. The molecule has 0 radical (unpaired) electrons. The van der Waals surface area contributed by atoms with Gasteiger partial charge in [-0.25, -0.2) is 13.5 Å². The standard InChI is InChI=1S/C19H19ClF2N6O/c20-13-9-25-28(11-13)16-3-5-24-10-17(16)26-7-4-15(19(21,22)12-26)18(29)27-6-1-2-14(27)8-23/h3,5,9-11,14-15H,1-2,4,6-7,12H2/t14?,15-/m1/s1. The minimum Gasteiger partial charge on any atom is -0.362 e. The van der Waals surface area contributed by atoms with Gasteiger partial charge < -0.3 is 9.80 Å². The Morgan fingerprint density at radius 3 is 2.79 bits per heavy atom. The summed E-state index contributed by atoms with van der Waals surface area (Å²) >= 11 is 5.94. The molecule has 7 nitrogen and oxygen atoms in total. The molecular weight excluding hydrogens is 402 g/mol. The van der Waals surface area contributed by atoms with E-state index < -0.39 is 30.3 Å². The number of anilines is 1. The van der Waals surface area contributed by atoms with Crippen LogP contribution >= 0.6 is 11.6 Å². The molecule has 2 aliphatic heterocycles.